The van der Waals surface area contributed by atoms with E-state index in [2.05, 4.69) is 60.1 Å². The van der Waals surface area contributed by atoms with Crippen molar-refractivity contribution in [3.05, 3.63) is 56.0 Å². The Balaban J connectivity index is 0.00000627. The maximum atomic E-state index is 10.5. The second-order valence-corrected chi connectivity index (χ2v) is 16.4. The molecule has 0 amide bonds. The van der Waals surface area contributed by atoms with Crippen LogP contribution < -0.4 is 21.3 Å². The molecular weight excluding hydrogens is 681 g/mol. The van der Waals surface area contributed by atoms with E-state index in [-0.39, 0.29) is 115 Å². The molecule has 5 rings (SSSR count). The van der Waals surface area contributed by atoms with Crippen molar-refractivity contribution < 1.29 is 0 Å². The van der Waals surface area contributed by atoms with Crippen LogP contribution in [-0.4, -0.2) is 104 Å². The molecule has 5 aliphatic rings. The molecule has 0 aromatic carbocycles. The first kappa shape index (κ1) is 40.2. The number of hydrogen-bond donors (Lipinski definition) is 4. The topological polar surface area (TPSA) is 239 Å². The first-order valence-electron chi connectivity index (χ1n) is 16.5. The first-order valence-corrected chi connectivity index (χ1v) is 16.5. The van der Waals surface area contributed by atoms with Crippen LogP contribution in [0.4, 0.5) is 0 Å². The van der Waals surface area contributed by atoms with Gasteiger partial charge in [-0.2, -0.15) is 10.5 Å². The Hall–Kier alpha value is -5.57. The average Bonchev–Trinajstić information content (AvgIpc) is 3.67. The summed E-state index contributed by atoms with van der Waals surface area (Å²) < 4.78 is 0. The van der Waals surface area contributed by atoms with E-state index in [4.69, 9.17) is 25.0 Å². The van der Waals surface area contributed by atoms with Crippen LogP contribution in [0.5, 0.6) is 0 Å². The fourth-order valence-corrected chi connectivity index (χ4v) is 5.18. The van der Waals surface area contributed by atoms with Crippen LogP contribution in [0.2, 0.25) is 0 Å². The van der Waals surface area contributed by atoms with Gasteiger partial charge in [0.1, 0.15) is 46.2 Å². The summed E-state index contributed by atoms with van der Waals surface area (Å²) in [6, 6.07) is 4.41. The molecule has 0 aromatic heterocycles. The van der Waals surface area contributed by atoms with E-state index in [1.807, 2.05) is 83.1 Å². The zero-order valence-corrected chi connectivity index (χ0v) is 33.5. The van der Waals surface area contributed by atoms with Gasteiger partial charge in [0.25, 0.3) is 0 Å². The van der Waals surface area contributed by atoms with E-state index in [0.29, 0.717) is 0 Å². The number of hydrogen-bond acceptors (Lipinski definition) is 14. The maximum absolute atomic E-state index is 10.5. The molecule has 0 aliphatic carbocycles. The number of nitrogens with zero attached hydrogens (tertiary/aromatic N) is 12. The maximum Gasteiger partial charge on any atom is 2.00 e. The quantitative estimate of drug-likeness (QED) is 0.251. The van der Waals surface area contributed by atoms with E-state index in [9.17, 15) is 21.3 Å². The van der Waals surface area contributed by atoms with Gasteiger partial charge in [-0.1, -0.05) is 0 Å². The predicted molar refractivity (Wildman–Crippen MR) is 213 cm³/mol. The van der Waals surface area contributed by atoms with Crippen LogP contribution >= 0.6 is 0 Å². The van der Waals surface area contributed by atoms with Crippen LogP contribution in [-0.2, 0) is 0 Å². The van der Waals surface area contributed by atoms with E-state index < -0.39 is 22.2 Å². The van der Waals surface area contributed by atoms with Gasteiger partial charge in [-0.3, -0.25) is 16.7 Å². The van der Waals surface area contributed by atoms with Gasteiger partial charge in [0.2, 0.25) is 0 Å². The van der Waals surface area contributed by atoms with Gasteiger partial charge in [0.05, 0.1) is 22.4 Å². The number of fused-ring (bicyclic) bond motifs is 5. The van der Waals surface area contributed by atoms with E-state index in [1.54, 1.807) is 0 Å². The molecule has 17 heteroatoms. The molecule has 5 aliphatic heterocycles. The number of aliphatic imine (C=N–C) groups is 8. The van der Waals surface area contributed by atoms with Gasteiger partial charge >= 0.3 is 23.1 Å². The molecule has 4 N–H and O–H groups in total. The molecule has 0 unspecified atom stereocenters. The molecule has 16 nitrogen and oxygen atoms in total. The van der Waals surface area contributed by atoms with Gasteiger partial charge in [-0.15, -0.1) is 0 Å². The largest absolute Gasteiger partial charge is 2.00 e. The van der Waals surface area contributed by atoms with Crippen molar-refractivity contribution in [3.63, 3.8) is 0 Å². The number of nitrogens with one attached hydrogen (secondary N) is 4. The van der Waals surface area contributed by atoms with Gasteiger partial charge in [0.15, 0.2) is 40.8 Å². The Morgan fingerprint density at radius 1 is 0.547 bits per heavy atom. The third-order valence-electron chi connectivity index (χ3n) is 6.92. The zero-order valence-electron chi connectivity index (χ0n) is 32.1. The van der Waals surface area contributed by atoms with Crippen molar-refractivity contribution in [1.82, 2.24) is 21.3 Å². The summed E-state index contributed by atoms with van der Waals surface area (Å²) in [6.07, 6.45) is 0. The first-order chi connectivity index (χ1) is 24.0. The third kappa shape index (κ3) is 8.73. The molecule has 53 heavy (non-hydrogen) atoms. The summed E-state index contributed by atoms with van der Waals surface area (Å²) in [5.41, 5.74) is -1.00. The Bertz CT molecular complexity index is 2230. The molecule has 0 saturated carbocycles. The van der Waals surface area contributed by atoms with E-state index in [1.165, 1.54) is 0 Å². The average molecular weight is 721 g/mol. The van der Waals surface area contributed by atoms with Crippen LogP contribution in [0.15, 0.2) is 85.1 Å². The molecule has 0 aromatic rings. The van der Waals surface area contributed by atoms with Crippen LogP contribution in [0.25, 0.3) is 10.8 Å². The molecule has 1 saturated heterocycles. The van der Waals surface area contributed by atoms with E-state index >= 15 is 0 Å². The predicted octanol–water partition coefficient (Wildman–Crippen LogP) is 3.51. The van der Waals surface area contributed by atoms with Crippen molar-refractivity contribution in [3.8, 4) is 12.1 Å². The van der Waals surface area contributed by atoms with Crippen LogP contribution in [0, 0.1) is 22.7 Å². The standard InChI is InChI=1S/C36H40N16.Mg/c1-33(2,3)49-21-17(13-37)25-41-29(21)45-26-18(14-38)22(50-34(4,5)6)31(42-26)47-28-20(16-40)24(52-36(10,11)12)32(44-28)48-27-19(15-39)23(30(43-27)46-25)51-35(7,8)9;/h49-51H,1-12H3,(H,41,42,43,44,45,46,47,48);/q-2;+2. The molecule has 0 radical (unpaired) electrons. The summed E-state index contributed by atoms with van der Waals surface area (Å²) >= 11 is 0. The Kier molecular flexibility index (Phi) is 10.7. The summed E-state index contributed by atoms with van der Waals surface area (Å²) in [5.74, 6) is 4.70. The van der Waals surface area contributed by atoms with Crippen molar-refractivity contribution in [2.45, 2.75) is 105 Å². The minimum atomic E-state index is -0.657. The molecule has 0 spiro atoms. The Labute approximate surface area is 325 Å². The second-order valence-electron chi connectivity index (χ2n) is 16.4. The van der Waals surface area contributed by atoms with Gasteiger partial charge in [-0.25, -0.2) is 34.9 Å². The van der Waals surface area contributed by atoms with Crippen molar-refractivity contribution in [1.29, 1.82) is 10.5 Å². The number of nitriles is 2. The second kappa shape index (κ2) is 14.1. The fraction of sp³-hybridized carbons (Fsp3) is 0.444. The Morgan fingerprint density at radius 2 is 0.981 bits per heavy atom. The smallest absolute Gasteiger partial charge is 0.763 e. The molecule has 5 heterocycles. The summed E-state index contributed by atoms with van der Waals surface area (Å²) in [6.45, 7) is 22.8. The number of rotatable bonds is 3. The molecule has 0 atom stereocenters. The molecule has 8 bridgehead atoms. The van der Waals surface area contributed by atoms with Crippen molar-refractivity contribution in [2.24, 2.45) is 39.9 Å². The monoisotopic (exact) mass is 720 g/mol. The fourth-order valence-electron chi connectivity index (χ4n) is 5.18. The minimum Gasteiger partial charge on any atom is -0.763 e. The van der Waals surface area contributed by atoms with Gasteiger partial charge < -0.3 is 32.1 Å². The minimum absolute atomic E-state index is 0. The van der Waals surface area contributed by atoms with Gasteiger partial charge in [0, 0.05) is 16.6 Å². The molecular formula is C36H40MgN16. The third-order valence-corrected chi connectivity index (χ3v) is 6.92. The van der Waals surface area contributed by atoms with Crippen LogP contribution in [0.3, 0.4) is 0 Å². The summed E-state index contributed by atoms with van der Waals surface area (Å²) in [7, 11) is 0. The van der Waals surface area contributed by atoms with Crippen molar-refractivity contribution >= 4 is 81.4 Å². The van der Waals surface area contributed by atoms with Crippen LogP contribution in [0.1, 0.15) is 83.1 Å². The number of amidine groups is 7. The summed E-state index contributed by atoms with van der Waals surface area (Å²) in [4.78, 5) is 37.8. The van der Waals surface area contributed by atoms with Gasteiger partial charge in [-0.05, 0) is 83.1 Å². The Morgan fingerprint density at radius 3 is 1.42 bits per heavy atom. The molecule has 266 valence electrons. The van der Waals surface area contributed by atoms with E-state index in [0.717, 1.165) is 0 Å². The SMILES string of the molecule is CC(C)(C)N=C1C(=C=[N-])C2=NC3=C(NC(C)(C)C)C(=C=[N-])C(=N3)N=C3N=C(N=C4N=C(N=C1N2)C(C#N)=C4NC(C)(C)C)C(C#N)=C3NC(C)(C)C.[Mg+2]. The zero-order chi connectivity index (χ0) is 38.6. The molecule has 1 fully saturated rings. The summed E-state index contributed by atoms with van der Waals surface area (Å²) in [5, 5.41) is 55.0. The van der Waals surface area contributed by atoms with Crippen molar-refractivity contribution in [2.75, 3.05) is 0 Å². The normalized spacial score (nSPS) is 19.4.